The van der Waals surface area contributed by atoms with Gasteiger partial charge in [0.2, 0.25) is 0 Å². The van der Waals surface area contributed by atoms with E-state index in [1.807, 2.05) is 66.2 Å². The maximum Gasteiger partial charge on any atom is 0.151 e. The van der Waals surface area contributed by atoms with Crippen molar-refractivity contribution in [2.75, 3.05) is 18.6 Å². The lowest BCUT2D eigenvalue weighted by molar-refractivity contribution is 0.194. The van der Waals surface area contributed by atoms with Crippen molar-refractivity contribution in [3.63, 3.8) is 0 Å². The molecule has 0 amide bonds. The van der Waals surface area contributed by atoms with Crippen LogP contribution in [-0.4, -0.2) is 47.8 Å². The molecule has 1 aliphatic rings. The predicted octanol–water partition coefficient (Wildman–Crippen LogP) is 4.09. The predicted molar refractivity (Wildman–Crippen MR) is 127 cm³/mol. The normalized spacial score (nSPS) is 17.7. The van der Waals surface area contributed by atoms with Gasteiger partial charge in [-0.15, -0.1) is 0 Å². The van der Waals surface area contributed by atoms with Crippen molar-refractivity contribution in [1.29, 1.82) is 0 Å². The van der Waals surface area contributed by atoms with Gasteiger partial charge >= 0.3 is 0 Å². The first-order valence-corrected chi connectivity index (χ1v) is 12.9. The number of hydrogen-bond donors (Lipinski definition) is 0. The Bertz CT molecular complexity index is 1160. The lowest BCUT2D eigenvalue weighted by Crippen LogP contribution is -2.35. The number of aryl methyl sites for hydroxylation is 1. The van der Waals surface area contributed by atoms with E-state index in [4.69, 9.17) is 16.3 Å². The lowest BCUT2D eigenvalue weighted by atomic mass is 10.1. The van der Waals surface area contributed by atoms with Crippen molar-refractivity contribution in [3.05, 3.63) is 82.1 Å². The Kier molecular flexibility index (Phi) is 6.88. The number of sulfone groups is 1. The average molecular weight is 474 g/mol. The van der Waals surface area contributed by atoms with Gasteiger partial charge in [0.05, 0.1) is 30.9 Å². The summed E-state index contributed by atoms with van der Waals surface area (Å²) in [7, 11) is -1.37. The first-order valence-electron chi connectivity index (χ1n) is 10.7. The largest absolute Gasteiger partial charge is 0.497 e. The molecule has 170 valence electrons. The zero-order chi connectivity index (χ0) is 22.7. The second-order valence-electron chi connectivity index (χ2n) is 8.31. The van der Waals surface area contributed by atoms with Gasteiger partial charge in [0.1, 0.15) is 10.9 Å². The molecule has 8 heteroatoms. The third-order valence-corrected chi connectivity index (χ3v) is 8.16. The summed E-state index contributed by atoms with van der Waals surface area (Å²) >= 11 is 6.77. The van der Waals surface area contributed by atoms with Gasteiger partial charge in [0.25, 0.3) is 0 Å². The maximum atomic E-state index is 12.2. The Morgan fingerprint density at radius 1 is 1.09 bits per heavy atom. The Morgan fingerprint density at radius 3 is 2.44 bits per heavy atom. The topological polar surface area (TPSA) is 64.4 Å². The van der Waals surface area contributed by atoms with Gasteiger partial charge in [-0.1, -0.05) is 54.1 Å². The van der Waals surface area contributed by atoms with E-state index in [1.54, 1.807) is 7.11 Å². The fourth-order valence-corrected chi connectivity index (χ4v) is 6.23. The lowest BCUT2D eigenvalue weighted by Gasteiger charge is -2.28. The standard InChI is InChI=1S/C24H28ClN3O3S/c1-18-23(24(25)28(26-18)15-19-6-4-3-5-7-19)16-27(21-12-13-32(29,30)17-21)14-20-8-10-22(31-2)11-9-20/h3-11,21H,12-17H2,1-2H3. The fourth-order valence-electron chi connectivity index (χ4n) is 4.18. The van der Waals surface area contributed by atoms with E-state index >= 15 is 0 Å². The number of rotatable bonds is 8. The Labute approximate surface area is 194 Å². The number of halogens is 1. The monoisotopic (exact) mass is 473 g/mol. The molecule has 1 saturated heterocycles. The summed E-state index contributed by atoms with van der Waals surface area (Å²) < 4.78 is 31.5. The number of hydrogen-bond acceptors (Lipinski definition) is 5. The van der Waals surface area contributed by atoms with Gasteiger partial charge in [-0.2, -0.15) is 5.10 Å². The summed E-state index contributed by atoms with van der Waals surface area (Å²) in [6, 6.07) is 17.9. The van der Waals surface area contributed by atoms with E-state index in [9.17, 15) is 8.42 Å². The molecule has 1 fully saturated rings. The molecule has 0 spiro atoms. The quantitative estimate of drug-likeness (QED) is 0.493. The summed E-state index contributed by atoms with van der Waals surface area (Å²) in [5, 5.41) is 5.27. The van der Waals surface area contributed by atoms with Crippen LogP contribution in [0.3, 0.4) is 0 Å². The minimum atomic E-state index is -3.01. The summed E-state index contributed by atoms with van der Waals surface area (Å²) in [5.74, 6) is 1.21. The van der Waals surface area contributed by atoms with Gasteiger partial charge in [0.15, 0.2) is 9.84 Å². The van der Waals surface area contributed by atoms with Gasteiger partial charge in [-0.3, -0.25) is 4.90 Å². The molecule has 0 bridgehead atoms. The molecular weight excluding hydrogens is 446 g/mol. The third kappa shape index (κ3) is 5.34. The van der Waals surface area contributed by atoms with E-state index in [0.717, 1.165) is 28.1 Å². The number of benzene rings is 2. The highest BCUT2D eigenvalue weighted by Gasteiger charge is 2.33. The summed E-state index contributed by atoms with van der Waals surface area (Å²) in [6.07, 6.45) is 0.632. The molecule has 4 rings (SSSR count). The van der Waals surface area contributed by atoms with Crippen LogP contribution >= 0.6 is 11.6 Å². The number of methoxy groups -OCH3 is 1. The smallest absolute Gasteiger partial charge is 0.151 e. The van der Waals surface area contributed by atoms with Crippen LogP contribution in [0.1, 0.15) is 28.8 Å². The van der Waals surface area contributed by atoms with Crippen LogP contribution in [0, 0.1) is 6.92 Å². The first kappa shape index (κ1) is 22.8. The summed E-state index contributed by atoms with van der Waals surface area (Å²) in [5.41, 5.74) is 4.04. The molecule has 0 radical (unpaired) electrons. The minimum Gasteiger partial charge on any atom is -0.497 e. The second-order valence-corrected chi connectivity index (χ2v) is 10.9. The molecule has 2 aromatic carbocycles. The highest BCUT2D eigenvalue weighted by atomic mass is 35.5. The van der Waals surface area contributed by atoms with Crippen LogP contribution in [-0.2, 0) is 29.5 Å². The van der Waals surface area contributed by atoms with Crippen molar-refractivity contribution < 1.29 is 13.2 Å². The van der Waals surface area contributed by atoms with Crippen molar-refractivity contribution in [2.45, 2.75) is 39.0 Å². The molecule has 1 aliphatic heterocycles. The average Bonchev–Trinajstić information content (AvgIpc) is 3.27. The van der Waals surface area contributed by atoms with E-state index < -0.39 is 9.84 Å². The molecule has 1 aromatic heterocycles. The summed E-state index contributed by atoms with van der Waals surface area (Å²) in [6.45, 7) is 3.73. The van der Waals surface area contributed by atoms with E-state index in [0.29, 0.717) is 31.2 Å². The molecule has 0 saturated carbocycles. The van der Waals surface area contributed by atoms with Crippen LogP contribution in [0.4, 0.5) is 0 Å². The van der Waals surface area contributed by atoms with Crippen LogP contribution in [0.5, 0.6) is 5.75 Å². The molecule has 2 heterocycles. The molecular formula is C24H28ClN3O3S. The Balaban J connectivity index is 1.59. The molecule has 32 heavy (non-hydrogen) atoms. The van der Waals surface area contributed by atoms with E-state index in [1.165, 1.54) is 0 Å². The van der Waals surface area contributed by atoms with Crippen LogP contribution < -0.4 is 4.74 Å². The second kappa shape index (κ2) is 9.65. The van der Waals surface area contributed by atoms with Crippen LogP contribution in [0.15, 0.2) is 54.6 Å². The highest BCUT2D eigenvalue weighted by Crippen LogP contribution is 2.28. The molecule has 6 nitrogen and oxygen atoms in total. The molecule has 1 unspecified atom stereocenters. The SMILES string of the molecule is COc1ccc(CN(Cc2c(C)nn(Cc3ccccc3)c2Cl)C2CCS(=O)(=O)C2)cc1. The molecule has 0 aliphatic carbocycles. The van der Waals surface area contributed by atoms with Crippen molar-refractivity contribution >= 4 is 21.4 Å². The zero-order valence-corrected chi connectivity index (χ0v) is 19.9. The Hall–Kier alpha value is -2.35. The van der Waals surface area contributed by atoms with Crippen molar-refractivity contribution in [2.24, 2.45) is 0 Å². The highest BCUT2D eigenvalue weighted by molar-refractivity contribution is 7.91. The van der Waals surface area contributed by atoms with Crippen molar-refractivity contribution in [1.82, 2.24) is 14.7 Å². The molecule has 3 aromatic rings. The van der Waals surface area contributed by atoms with E-state index in [-0.39, 0.29) is 17.5 Å². The van der Waals surface area contributed by atoms with Crippen LogP contribution in [0.2, 0.25) is 5.15 Å². The maximum absolute atomic E-state index is 12.2. The number of ether oxygens (including phenoxy) is 1. The van der Waals surface area contributed by atoms with Gasteiger partial charge in [-0.05, 0) is 36.6 Å². The third-order valence-electron chi connectivity index (χ3n) is 5.99. The Morgan fingerprint density at radius 2 is 1.81 bits per heavy atom. The minimum absolute atomic E-state index is 0.0463. The number of aromatic nitrogens is 2. The van der Waals surface area contributed by atoms with Gasteiger partial charge in [0, 0.05) is 24.7 Å². The first-order chi connectivity index (χ1) is 15.3. The van der Waals surface area contributed by atoms with Gasteiger partial charge in [-0.25, -0.2) is 13.1 Å². The van der Waals surface area contributed by atoms with Crippen LogP contribution in [0.25, 0.3) is 0 Å². The fraction of sp³-hybridized carbons (Fsp3) is 0.375. The van der Waals surface area contributed by atoms with Gasteiger partial charge < -0.3 is 4.74 Å². The molecule has 1 atom stereocenters. The summed E-state index contributed by atoms with van der Waals surface area (Å²) in [4.78, 5) is 2.22. The zero-order valence-electron chi connectivity index (χ0n) is 18.4. The number of nitrogens with zero attached hydrogens (tertiary/aromatic N) is 3. The van der Waals surface area contributed by atoms with E-state index in [2.05, 4.69) is 10.00 Å². The molecule has 0 N–H and O–H groups in total. The van der Waals surface area contributed by atoms with Crippen molar-refractivity contribution in [3.8, 4) is 5.75 Å².